The molecule has 128 valence electrons. The third-order valence-electron chi connectivity index (χ3n) is 3.47. The molecule has 0 aliphatic carbocycles. The molecule has 0 bridgehead atoms. The maximum atomic E-state index is 12.1. The van der Waals surface area contributed by atoms with Crippen LogP contribution in [0.1, 0.15) is 11.4 Å². The van der Waals surface area contributed by atoms with Crippen LogP contribution in [0.25, 0.3) is 10.8 Å². The van der Waals surface area contributed by atoms with Crippen LogP contribution >= 0.6 is 23.4 Å². The number of hydrazine groups is 1. The number of rotatable bonds is 5. The predicted molar refractivity (Wildman–Crippen MR) is 103 cm³/mol. The lowest BCUT2D eigenvalue weighted by molar-refractivity contribution is -0.118. The van der Waals surface area contributed by atoms with Crippen molar-refractivity contribution in [2.45, 2.75) is 18.7 Å². The van der Waals surface area contributed by atoms with Gasteiger partial charge < -0.3 is 0 Å². The Labute approximate surface area is 155 Å². The minimum absolute atomic E-state index is 0.170. The second-order valence-corrected chi connectivity index (χ2v) is 6.95. The molecule has 7 heteroatoms. The maximum Gasteiger partial charge on any atom is 0.248 e. The molecule has 5 nitrogen and oxygen atoms in total. The smallest absolute Gasteiger partial charge is 0.248 e. The molecule has 25 heavy (non-hydrogen) atoms. The average Bonchev–Trinajstić information content (AvgIpc) is 2.57. The predicted octanol–water partition coefficient (Wildman–Crippen LogP) is 4.14. The second-order valence-electron chi connectivity index (χ2n) is 5.53. The molecular formula is C18H17ClN4OS. The molecule has 3 aromatic rings. The number of amides is 1. The van der Waals surface area contributed by atoms with Crippen LogP contribution in [0.15, 0.2) is 47.4 Å². The summed E-state index contributed by atoms with van der Waals surface area (Å²) in [7, 11) is 0. The van der Waals surface area contributed by atoms with Gasteiger partial charge in [-0.1, -0.05) is 35.9 Å². The number of benzene rings is 2. The third-order valence-corrected chi connectivity index (χ3v) is 4.84. The number of nitrogens with one attached hydrogen (secondary N) is 2. The summed E-state index contributed by atoms with van der Waals surface area (Å²) in [6.07, 6.45) is 0. The Morgan fingerprint density at radius 2 is 1.80 bits per heavy atom. The van der Waals surface area contributed by atoms with Crippen LogP contribution in [0.4, 0.5) is 5.95 Å². The van der Waals surface area contributed by atoms with E-state index in [1.165, 1.54) is 11.8 Å². The number of hydrogen-bond donors (Lipinski definition) is 2. The molecule has 0 atom stereocenters. The monoisotopic (exact) mass is 372 g/mol. The standard InChI is InChI=1S/C18H17ClN4OS/c1-11-9-12(2)21-18(20-11)23-22-16(24)10-25-15-8-4-6-13-5-3-7-14(19)17(13)15/h3-9H,10H2,1-2H3,(H,22,24)(H,20,21,23). The lowest BCUT2D eigenvalue weighted by Gasteiger charge is -2.10. The van der Waals surface area contributed by atoms with E-state index in [2.05, 4.69) is 20.8 Å². The van der Waals surface area contributed by atoms with Crippen molar-refractivity contribution in [3.8, 4) is 0 Å². The molecular weight excluding hydrogens is 356 g/mol. The van der Waals surface area contributed by atoms with Gasteiger partial charge in [-0.3, -0.25) is 15.6 Å². The molecule has 0 saturated heterocycles. The van der Waals surface area contributed by atoms with Gasteiger partial charge in [0.05, 0.1) is 5.75 Å². The second kappa shape index (κ2) is 7.72. The van der Waals surface area contributed by atoms with Crippen LogP contribution in [-0.4, -0.2) is 21.6 Å². The molecule has 3 rings (SSSR count). The topological polar surface area (TPSA) is 66.9 Å². The first kappa shape index (κ1) is 17.5. The number of thioether (sulfide) groups is 1. The van der Waals surface area contributed by atoms with Crippen molar-refractivity contribution >= 4 is 46.0 Å². The Morgan fingerprint density at radius 1 is 1.12 bits per heavy atom. The van der Waals surface area contributed by atoms with Gasteiger partial charge in [-0.25, -0.2) is 9.97 Å². The number of hydrogen-bond acceptors (Lipinski definition) is 5. The van der Waals surface area contributed by atoms with E-state index < -0.39 is 0 Å². The SMILES string of the molecule is Cc1cc(C)nc(NNC(=O)CSc2cccc3cccc(Cl)c23)n1. The van der Waals surface area contributed by atoms with Gasteiger partial charge in [0, 0.05) is 26.7 Å². The summed E-state index contributed by atoms with van der Waals surface area (Å²) in [5.41, 5.74) is 7.04. The number of carbonyl (C=O) groups is 1. The van der Waals surface area contributed by atoms with Crippen molar-refractivity contribution in [2.75, 3.05) is 11.2 Å². The van der Waals surface area contributed by atoms with Gasteiger partial charge in [0.25, 0.3) is 0 Å². The highest BCUT2D eigenvalue weighted by molar-refractivity contribution is 8.00. The van der Waals surface area contributed by atoms with Gasteiger partial charge >= 0.3 is 0 Å². The van der Waals surface area contributed by atoms with Crippen LogP contribution in [-0.2, 0) is 4.79 Å². The van der Waals surface area contributed by atoms with E-state index >= 15 is 0 Å². The first-order valence-corrected chi connectivity index (χ1v) is 9.06. The van der Waals surface area contributed by atoms with Crippen molar-refractivity contribution < 1.29 is 4.79 Å². The third kappa shape index (κ3) is 4.41. The molecule has 1 heterocycles. The fourth-order valence-corrected chi connectivity index (χ4v) is 3.71. The summed E-state index contributed by atoms with van der Waals surface area (Å²) in [4.78, 5) is 21.5. The van der Waals surface area contributed by atoms with Crippen molar-refractivity contribution in [3.05, 3.63) is 58.9 Å². The summed E-state index contributed by atoms with van der Waals surface area (Å²) >= 11 is 7.74. The van der Waals surface area contributed by atoms with E-state index in [0.717, 1.165) is 27.1 Å². The minimum Gasteiger partial charge on any atom is -0.272 e. The highest BCUT2D eigenvalue weighted by Gasteiger charge is 2.09. The van der Waals surface area contributed by atoms with Crippen LogP contribution < -0.4 is 10.9 Å². The van der Waals surface area contributed by atoms with Crippen molar-refractivity contribution in [2.24, 2.45) is 0 Å². The van der Waals surface area contributed by atoms with Crippen LogP contribution in [0, 0.1) is 13.8 Å². The maximum absolute atomic E-state index is 12.1. The zero-order valence-electron chi connectivity index (χ0n) is 13.8. The van der Waals surface area contributed by atoms with E-state index in [1.807, 2.05) is 56.3 Å². The van der Waals surface area contributed by atoms with E-state index in [1.54, 1.807) is 0 Å². The molecule has 0 fully saturated rings. The molecule has 0 aliphatic rings. The Kier molecular flexibility index (Phi) is 5.40. The average molecular weight is 373 g/mol. The lowest BCUT2D eigenvalue weighted by atomic mass is 10.1. The van der Waals surface area contributed by atoms with E-state index in [9.17, 15) is 4.79 Å². The van der Waals surface area contributed by atoms with Crippen LogP contribution in [0.3, 0.4) is 0 Å². The molecule has 0 aliphatic heterocycles. The summed E-state index contributed by atoms with van der Waals surface area (Å²) < 4.78 is 0. The molecule has 0 radical (unpaired) electrons. The quantitative estimate of drug-likeness (QED) is 0.520. The Hall–Kier alpha value is -2.31. The first-order chi connectivity index (χ1) is 12.0. The summed E-state index contributed by atoms with van der Waals surface area (Å²) in [5, 5.41) is 2.71. The molecule has 2 aromatic carbocycles. The summed E-state index contributed by atoms with van der Waals surface area (Å²) in [5.74, 6) is 0.461. The fraction of sp³-hybridized carbons (Fsp3) is 0.167. The van der Waals surface area contributed by atoms with Crippen molar-refractivity contribution in [1.82, 2.24) is 15.4 Å². The van der Waals surface area contributed by atoms with Gasteiger partial charge in [0.15, 0.2) is 0 Å². The first-order valence-electron chi connectivity index (χ1n) is 7.70. The zero-order valence-corrected chi connectivity index (χ0v) is 15.4. The lowest BCUT2D eigenvalue weighted by Crippen LogP contribution is -2.31. The minimum atomic E-state index is -0.170. The number of aryl methyl sites for hydroxylation is 2. The zero-order chi connectivity index (χ0) is 17.8. The molecule has 0 unspecified atom stereocenters. The number of nitrogens with zero attached hydrogens (tertiary/aromatic N) is 2. The largest absolute Gasteiger partial charge is 0.272 e. The van der Waals surface area contributed by atoms with Crippen LogP contribution in [0.2, 0.25) is 5.02 Å². The number of halogens is 1. The van der Waals surface area contributed by atoms with E-state index in [4.69, 9.17) is 11.6 Å². The molecule has 0 spiro atoms. The van der Waals surface area contributed by atoms with Gasteiger partial charge in [0.1, 0.15) is 0 Å². The Balaban J connectivity index is 1.63. The van der Waals surface area contributed by atoms with Crippen LogP contribution in [0.5, 0.6) is 0 Å². The number of anilines is 1. The summed E-state index contributed by atoms with van der Waals surface area (Å²) in [6.45, 7) is 3.75. The molecule has 2 N–H and O–H groups in total. The highest BCUT2D eigenvalue weighted by Crippen LogP contribution is 2.32. The van der Waals surface area contributed by atoms with E-state index in [-0.39, 0.29) is 11.7 Å². The van der Waals surface area contributed by atoms with Crippen molar-refractivity contribution in [1.29, 1.82) is 0 Å². The molecule has 0 saturated carbocycles. The number of fused-ring (bicyclic) bond motifs is 1. The highest BCUT2D eigenvalue weighted by atomic mass is 35.5. The molecule has 1 amide bonds. The Bertz CT molecular complexity index is 907. The van der Waals surface area contributed by atoms with Crippen molar-refractivity contribution in [3.63, 3.8) is 0 Å². The van der Waals surface area contributed by atoms with Gasteiger partial charge in [-0.2, -0.15) is 0 Å². The van der Waals surface area contributed by atoms with Gasteiger partial charge in [-0.05, 0) is 37.4 Å². The molecule has 1 aromatic heterocycles. The number of aromatic nitrogens is 2. The summed E-state index contributed by atoms with van der Waals surface area (Å²) in [6, 6.07) is 13.6. The Morgan fingerprint density at radius 3 is 2.52 bits per heavy atom. The fourth-order valence-electron chi connectivity index (χ4n) is 2.47. The van der Waals surface area contributed by atoms with Gasteiger partial charge in [0.2, 0.25) is 11.9 Å². The van der Waals surface area contributed by atoms with Gasteiger partial charge in [-0.15, -0.1) is 11.8 Å². The number of carbonyl (C=O) groups excluding carboxylic acids is 1. The van der Waals surface area contributed by atoms with E-state index in [0.29, 0.717) is 11.0 Å². The normalized spacial score (nSPS) is 10.7.